The van der Waals surface area contributed by atoms with Crippen LogP contribution in [0, 0.1) is 0 Å². The van der Waals surface area contributed by atoms with E-state index in [0.29, 0.717) is 12.8 Å². The van der Waals surface area contributed by atoms with Crippen LogP contribution in [0.2, 0.25) is 0 Å². The molecule has 134 valence electrons. The van der Waals surface area contributed by atoms with Crippen molar-refractivity contribution < 1.29 is 24.8 Å². The minimum absolute atomic E-state index is 0.0843. The molecule has 5 heteroatoms. The fraction of sp³-hybridized carbons (Fsp3) is 0.833. The zero-order valence-corrected chi connectivity index (χ0v) is 14.3. The van der Waals surface area contributed by atoms with E-state index < -0.39 is 12.1 Å². The second-order valence-electron chi connectivity index (χ2n) is 6.38. The number of carboxylic acid groups (broad SMARTS) is 1. The number of hydrogen-bond acceptors (Lipinski definition) is 4. The molecule has 5 nitrogen and oxygen atoms in total. The van der Waals surface area contributed by atoms with Gasteiger partial charge in [0.15, 0.2) is 6.10 Å². The van der Waals surface area contributed by atoms with Crippen LogP contribution in [-0.2, 0) is 14.4 Å². The lowest BCUT2D eigenvalue weighted by Gasteiger charge is -2.22. The van der Waals surface area contributed by atoms with Gasteiger partial charge in [0.1, 0.15) is 6.10 Å². The summed E-state index contributed by atoms with van der Waals surface area (Å²) in [4.78, 5) is 15.9. The summed E-state index contributed by atoms with van der Waals surface area (Å²) in [6, 6.07) is 0. The SMILES string of the molecule is CCCCCC1C/C=C\C(OO)CCCCCCC(C(=O)O)O1. The minimum atomic E-state index is -0.860. The average molecular weight is 328 g/mol. The van der Waals surface area contributed by atoms with E-state index in [1.807, 2.05) is 12.2 Å². The molecule has 1 heterocycles. The fourth-order valence-electron chi connectivity index (χ4n) is 2.94. The van der Waals surface area contributed by atoms with E-state index in [1.54, 1.807) is 0 Å². The third-order valence-electron chi connectivity index (χ3n) is 4.35. The largest absolute Gasteiger partial charge is 0.479 e. The normalized spacial score (nSPS) is 29.0. The van der Waals surface area contributed by atoms with E-state index in [2.05, 4.69) is 11.8 Å². The maximum atomic E-state index is 11.4. The summed E-state index contributed by atoms with van der Waals surface area (Å²) >= 11 is 0. The number of ether oxygens (including phenoxy) is 1. The number of aliphatic carboxylic acids is 1. The quantitative estimate of drug-likeness (QED) is 0.323. The van der Waals surface area contributed by atoms with Gasteiger partial charge in [-0.3, -0.25) is 5.26 Å². The topological polar surface area (TPSA) is 76.0 Å². The van der Waals surface area contributed by atoms with Crippen molar-refractivity contribution in [1.29, 1.82) is 0 Å². The Morgan fingerprint density at radius 2 is 1.96 bits per heavy atom. The number of carboxylic acids is 1. The predicted molar refractivity (Wildman–Crippen MR) is 89.4 cm³/mol. The van der Waals surface area contributed by atoms with Crippen LogP contribution in [-0.4, -0.2) is 34.6 Å². The highest BCUT2D eigenvalue weighted by molar-refractivity contribution is 5.72. The number of carbonyl (C=O) groups is 1. The molecular formula is C18H32O5. The molecule has 3 atom stereocenters. The van der Waals surface area contributed by atoms with E-state index in [-0.39, 0.29) is 12.2 Å². The van der Waals surface area contributed by atoms with Crippen molar-refractivity contribution in [3.8, 4) is 0 Å². The Morgan fingerprint density at radius 3 is 2.61 bits per heavy atom. The van der Waals surface area contributed by atoms with Gasteiger partial charge in [0.05, 0.1) is 6.10 Å². The van der Waals surface area contributed by atoms with E-state index in [0.717, 1.165) is 57.8 Å². The van der Waals surface area contributed by atoms with Gasteiger partial charge in [0.2, 0.25) is 0 Å². The highest BCUT2D eigenvalue weighted by Gasteiger charge is 2.22. The average Bonchev–Trinajstić information content (AvgIpc) is 2.55. The van der Waals surface area contributed by atoms with Crippen molar-refractivity contribution in [2.24, 2.45) is 0 Å². The van der Waals surface area contributed by atoms with Crippen LogP contribution < -0.4 is 0 Å². The molecule has 0 saturated heterocycles. The van der Waals surface area contributed by atoms with Crippen LogP contribution in [0.4, 0.5) is 0 Å². The van der Waals surface area contributed by atoms with E-state index in [4.69, 9.17) is 9.99 Å². The summed E-state index contributed by atoms with van der Waals surface area (Å²) in [6.07, 6.45) is 12.8. The molecule has 0 aromatic carbocycles. The molecular weight excluding hydrogens is 296 g/mol. The molecule has 0 aromatic rings. The molecule has 23 heavy (non-hydrogen) atoms. The summed E-state index contributed by atoms with van der Waals surface area (Å²) < 4.78 is 5.89. The van der Waals surface area contributed by atoms with E-state index in [9.17, 15) is 9.90 Å². The maximum Gasteiger partial charge on any atom is 0.332 e. The molecule has 0 aromatic heterocycles. The predicted octanol–water partition coefficient (Wildman–Crippen LogP) is 4.56. The van der Waals surface area contributed by atoms with Gasteiger partial charge in [-0.15, -0.1) is 0 Å². The third kappa shape index (κ3) is 9.08. The van der Waals surface area contributed by atoms with Crippen LogP contribution in [0.1, 0.15) is 77.6 Å². The van der Waals surface area contributed by atoms with Crippen molar-refractivity contribution in [2.45, 2.75) is 95.9 Å². The maximum absolute atomic E-state index is 11.4. The molecule has 0 amide bonds. The summed E-state index contributed by atoms with van der Waals surface area (Å²) in [7, 11) is 0. The number of hydrogen-bond donors (Lipinski definition) is 2. The highest BCUT2D eigenvalue weighted by Crippen LogP contribution is 2.19. The third-order valence-corrected chi connectivity index (χ3v) is 4.35. The summed E-state index contributed by atoms with van der Waals surface area (Å²) in [6.45, 7) is 2.15. The van der Waals surface area contributed by atoms with Gasteiger partial charge in [-0.2, -0.15) is 0 Å². The van der Waals surface area contributed by atoms with Crippen molar-refractivity contribution >= 4 is 5.97 Å². The second kappa shape index (κ2) is 12.5. The van der Waals surface area contributed by atoms with Gasteiger partial charge in [-0.25, -0.2) is 9.68 Å². The summed E-state index contributed by atoms with van der Waals surface area (Å²) in [5.41, 5.74) is 0. The Balaban J connectivity index is 2.68. The number of unbranched alkanes of at least 4 members (excludes halogenated alkanes) is 2. The molecule has 1 aliphatic rings. The van der Waals surface area contributed by atoms with Crippen LogP contribution in [0.5, 0.6) is 0 Å². The van der Waals surface area contributed by atoms with E-state index in [1.165, 1.54) is 0 Å². The smallest absolute Gasteiger partial charge is 0.332 e. The van der Waals surface area contributed by atoms with Crippen LogP contribution in [0.25, 0.3) is 0 Å². The first-order valence-electron chi connectivity index (χ1n) is 9.02. The van der Waals surface area contributed by atoms with Crippen molar-refractivity contribution in [3.63, 3.8) is 0 Å². The first kappa shape index (κ1) is 20.1. The van der Waals surface area contributed by atoms with Gasteiger partial charge in [0.25, 0.3) is 0 Å². The Labute approximate surface area is 139 Å². The van der Waals surface area contributed by atoms with Gasteiger partial charge < -0.3 is 9.84 Å². The lowest BCUT2D eigenvalue weighted by molar-refractivity contribution is -0.267. The molecule has 1 rings (SSSR count). The summed E-state index contributed by atoms with van der Waals surface area (Å²) in [5.74, 6) is -0.860. The molecule has 0 saturated carbocycles. The van der Waals surface area contributed by atoms with Crippen LogP contribution in [0.15, 0.2) is 12.2 Å². The van der Waals surface area contributed by atoms with Crippen LogP contribution >= 0.6 is 0 Å². The Kier molecular flexibility index (Phi) is 10.9. The fourth-order valence-corrected chi connectivity index (χ4v) is 2.94. The van der Waals surface area contributed by atoms with Crippen LogP contribution in [0.3, 0.4) is 0 Å². The molecule has 0 radical (unpaired) electrons. The molecule has 0 bridgehead atoms. The Morgan fingerprint density at radius 1 is 1.22 bits per heavy atom. The molecule has 0 spiro atoms. The summed E-state index contributed by atoms with van der Waals surface area (Å²) in [5, 5.41) is 18.3. The Bertz CT molecular complexity index is 342. The van der Waals surface area contributed by atoms with Gasteiger partial charge >= 0.3 is 5.97 Å². The van der Waals surface area contributed by atoms with Crippen molar-refractivity contribution in [2.75, 3.05) is 0 Å². The molecule has 1 aliphatic heterocycles. The molecule has 3 unspecified atom stereocenters. The first-order chi connectivity index (χ1) is 11.2. The van der Waals surface area contributed by atoms with Gasteiger partial charge in [0, 0.05) is 0 Å². The lowest BCUT2D eigenvalue weighted by Crippen LogP contribution is -2.29. The molecule has 0 aliphatic carbocycles. The minimum Gasteiger partial charge on any atom is -0.479 e. The van der Waals surface area contributed by atoms with Crippen molar-refractivity contribution in [3.05, 3.63) is 12.2 Å². The second-order valence-corrected chi connectivity index (χ2v) is 6.38. The zero-order chi connectivity index (χ0) is 16.9. The van der Waals surface area contributed by atoms with Gasteiger partial charge in [-0.1, -0.05) is 64.0 Å². The molecule has 0 fully saturated rings. The van der Waals surface area contributed by atoms with Crippen molar-refractivity contribution in [1.82, 2.24) is 0 Å². The van der Waals surface area contributed by atoms with E-state index >= 15 is 0 Å². The molecule has 2 N–H and O–H groups in total. The lowest BCUT2D eigenvalue weighted by atomic mass is 10.1. The standard InChI is InChI=1S/C18H32O5/c1-2-3-6-10-15-12-9-13-16(23-21)11-7-4-5-8-14-17(22-15)18(19)20/h9,13,15-17,21H,2-8,10-12,14H2,1H3,(H,19,20)/b13-9-. The first-order valence-corrected chi connectivity index (χ1v) is 9.02. The highest BCUT2D eigenvalue weighted by atomic mass is 17.1. The van der Waals surface area contributed by atoms with Gasteiger partial charge in [-0.05, 0) is 25.7 Å². The monoisotopic (exact) mass is 328 g/mol. The number of rotatable bonds is 6. The zero-order valence-electron chi connectivity index (χ0n) is 14.3. The Hall–Kier alpha value is -0.910.